The SMILES string of the molecule is Cc1ccc(NC(=O)C2(c3ccc4c(c3)OC(F)(F)O4)CC2)nc1-c1ccc(N)c(C=N)c1.[HH]. The van der Waals surface area contributed by atoms with E-state index in [2.05, 4.69) is 19.8 Å². The first-order chi connectivity index (χ1) is 15.7. The molecule has 0 bridgehead atoms. The van der Waals surface area contributed by atoms with Crippen LogP contribution in [0.1, 0.15) is 31.0 Å². The Balaban J connectivity index is 0.00000274. The van der Waals surface area contributed by atoms with Gasteiger partial charge in [0.1, 0.15) is 5.82 Å². The van der Waals surface area contributed by atoms with Crippen LogP contribution in [-0.2, 0) is 10.2 Å². The number of nitrogens with two attached hydrogens (primary N) is 1. The third-order valence-electron chi connectivity index (χ3n) is 5.99. The van der Waals surface area contributed by atoms with Gasteiger partial charge in [0.25, 0.3) is 0 Å². The number of nitrogens with zero attached hydrogens (tertiary/aromatic N) is 1. The van der Waals surface area contributed by atoms with E-state index in [-0.39, 0.29) is 18.8 Å². The molecule has 0 spiro atoms. The molecule has 9 heteroatoms. The Morgan fingerprint density at radius 2 is 1.91 bits per heavy atom. The van der Waals surface area contributed by atoms with Crippen molar-refractivity contribution in [2.75, 3.05) is 11.1 Å². The van der Waals surface area contributed by atoms with Crippen molar-refractivity contribution < 1.29 is 24.5 Å². The van der Waals surface area contributed by atoms with Crippen LogP contribution in [0.15, 0.2) is 48.5 Å². The van der Waals surface area contributed by atoms with Gasteiger partial charge in [-0.15, -0.1) is 8.78 Å². The monoisotopic (exact) mass is 452 g/mol. The van der Waals surface area contributed by atoms with Crippen LogP contribution in [0.2, 0.25) is 0 Å². The number of hydrogen-bond donors (Lipinski definition) is 3. The van der Waals surface area contributed by atoms with Crippen LogP contribution in [-0.4, -0.2) is 23.4 Å². The fraction of sp³-hybridized carbons (Fsp3) is 0.208. The van der Waals surface area contributed by atoms with Crippen LogP contribution in [0.5, 0.6) is 11.5 Å². The van der Waals surface area contributed by atoms with Crippen molar-refractivity contribution >= 4 is 23.6 Å². The molecule has 1 aromatic heterocycles. The Morgan fingerprint density at radius 1 is 1.15 bits per heavy atom. The number of amides is 1. The average Bonchev–Trinajstić information content (AvgIpc) is 3.52. The lowest BCUT2D eigenvalue weighted by atomic mass is 9.94. The van der Waals surface area contributed by atoms with Gasteiger partial charge in [-0.1, -0.05) is 18.2 Å². The molecule has 1 amide bonds. The van der Waals surface area contributed by atoms with Gasteiger partial charge in [-0.2, -0.15) is 0 Å². The topological polar surface area (TPSA) is 110 Å². The van der Waals surface area contributed by atoms with Crippen molar-refractivity contribution in [3.63, 3.8) is 0 Å². The zero-order valence-electron chi connectivity index (χ0n) is 17.6. The molecule has 2 heterocycles. The van der Waals surface area contributed by atoms with E-state index in [1.54, 1.807) is 24.3 Å². The molecule has 0 unspecified atom stereocenters. The van der Waals surface area contributed by atoms with Crippen molar-refractivity contribution in [1.82, 2.24) is 4.98 Å². The van der Waals surface area contributed by atoms with Crippen molar-refractivity contribution in [2.24, 2.45) is 0 Å². The number of alkyl halides is 2. The van der Waals surface area contributed by atoms with E-state index in [1.807, 2.05) is 19.1 Å². The second kappa shape index (κ2) is 7.26. The first-order valence-corrected chi connectivity index (χ1v) is 10.3. The fourth-order valence-corrected chi connectivity index (χ4v) is 3.99. The van der Waals surface area contributed by atoms with Gasteiger partial charge in [-0.3, -0.25) is 4.79 Å². The largest absolute Gasteiger partial charge is 0.586 e. The molecule has 1 saturated carbocycles. The number of aromatic nitrogens is 1. The Hall–Kier alpha value is -4.01. The molecule has 3 aromatic rings. The maximum absolute atomic E-state index is 13.4. The highest BCUT2D eigenvalue weighted by atomic mass is 19.3. The van der Waals surface area contributed by atoms with E-state index in [9.17, 15) is 13.6 Å². The Bertz CT molecular complexity index is 1310. The van der Waals surface area contributed by atoms with Gasteiger partial charge in [0.15, 0.2) is 11.5 Å². The van der Waals surface area contributed by atoms with Gasteiger partial charge >= 0.3 is 6.29 Å². The lowest BCUT2D eigenvalue weighted by Crippen LogP contribution is -2.28. The number of hydrogen-bond acceptors (Lipinski definition) is 6. The molecule has 0 atom stereocenters. The summed E-state index contributed by atoms with van der Waals surface area (Å²) in [5.41, 5.74) is 9.03. The van der Waals surface area contributed by atoms with Gasteiger partial charge < -0.3 is 25.9 Å². The minimum absolute atomic E-state index is 0. The number of carbonyl (C=O) groups excluding carboxylic acids is 1. The van der Waals surface area contributed by atoms with E-state index in [4.69, 9.17) is 11.1 Å². The minimum Gasteiger partial charge on any atom is -0.398 e. The van der Waals surface area contributed by atoms with Crippen molar-refractivity contribution in [3.8, 4) is 22.8 Å². The van der Waals surface area contributed by atoms with Crippen LogP contribution in [0.3, 0.4) is 0 Å². The normalized spacial score (nSPS) is 16.8. The summed E-state index contributed by atoms with van der Waals surface area (Å²) in [5.74, 6) is -0.0458. The van der Waals surface area contributed by atoms with Crippen LogP contribution >= 0.6 is 0 Å². The molecule has 1 aliphatic carbocycles. The highest BCUT2D eigenvalue weighted by Gasteiger charge is 2.53. The molecule has 4 N–H and O–H groups in total. The molecule has 0 radical (unpaired) electrons. The van der Waals surface area contributed by atoms with E-state index < -0.39 is 11.7 Å². The lowest BCUT2D eigenvalue weighted by Gasteiger charge is -2.17. The van der Waals surface area contributed by atoms with Crippen LogP contribution < -0.4 is 20.5 Å². The molecular formula is C24H22F2N4O3. The quantitative estimate of drug-likeness (QED) is 0.378. The summed E-state index contributed by atoms with van der Waals surface area (Å²) in [6, 6.07) is 13.3. The van der Waals surface area contributed by atoms with Gasteiger partial charge in [0, 0.05) is 24.5 Å². The third kappa shape index (κ3) is 3.65. The van der Waals surface area contributed by atoms with Crippen LogP contribution in [0.4, 0.5) is 20.3 Å². The minimum atomic E-state index is -3.71. The Morgan fingerprint density at radius 3 is 2.64 bits per heavy atom. The smallest absolute Gasteiger partial charge is 0.398 e. The molecule has 7 nitrogen and oxygen atoms in total. The summed E-state index contributed by atoms with van der Waals surface area (Å²) >= 11 is 0. The average molecular weight is 452 g/mol. The standard InChI is InChI=1S/C24H20F2N4O3.H2/c1-13-2-7-20(29-21(13)14-3-5-17(28)15(10-14)12-27)30-22(31)23(8-9-23)16-4-6-18-19(11-16)33-24(25,26)32-18;/h2-7,10-12,27H,8-9,28H2,1H3,(H,29,30,31);1H. The number of fused-ring (bicyclic) bond motifs is 1. The van der Waals surface area contributed by atoms with E-state index in [0.29, 0.717) is 41.2 Å². The van der Waals surface area contributed by atoms with Gasteiger partial charge in [0.05, 0.1) is 11.1 Å². The second-order valence-corrected chi connectivity index (χ2v) is 8.22. The maximum Gasteiger partial charge on any atom is 0.586 e. The summed E-state index contributed by atoms with van der Waals surface area (Å²) in [6.45, 7) is 1.90. The third-order valence-corrected chi connectivity index (χ3v) is 5.99. The number of aryl methyl sites for hydroxylation is 1. The molecule has 33 heavy (non-hydrogen) atoms. The lowest BCUT2D eigenvalue weighted by molar-refractivity contribution is -0.286. The molecule has 2 aromatic carbocycles. The maximum atomic E-state index is 13.4. The highest BCUT2D eigenvalue weighted by molar-refractivity contribution is 6.01. The molecule has 0 saturated heterocycles. The summed E-state index contributed by atoms with van der Waals surface area (Å²) in [4.78, 5) is 17.8. The summed E-state index contributed by atoms with van der Waals surface area (Å²) in [5, 5.41) is 10.4. The zero-order valence-corrected chi connectivity index (χ0v) is 17.6. The fourth-order valence-electron chi connectivity index (χ4n) is 3.99. The number of carbonyl (C=O) groups is 1. The molecule has 1 aliphatic heterocycles. The zero-order chi connectivity index (χ0) is 23.4. The van der Waals surface area contributed by atoms with Crippen molar-refractivity contribution in [2.45, 2.75) is 31.5 Å². The summed E-state index contributed by atoms with van der Waals surface area (Å²) in [6.07, 6.45) is -1.37. The van der Waals surface area contributed by atoms with Crippen LogP contribution in [0, 0.1) is 12.3 Å². The van der Waals surface area contributed by atoms with Crippen molar-refractivity contribution in [3.05, 3.63) is 65.2 Å². The number of rotatable bonds is 5. The molecule has 2 aliphatic rings. The molecule has 170 valence electrons. The predicted molar refractivity (Wildman–Crippen MR) is 121 cm³/mol. The van der Waals surface area contributed by atoms with E-state index in [0.717, 1.165) is 11.1 Å². The van der Waals surface area contributed by atoms with E-state index in [1.165, 1.54) is 18.3 Å². The second-order valence-electron chi connectivity index (χ2n) is 8.22. The number of ether oxygens (including phenoxy) is 2. The summed E-state index contributed by atoms with van der Waals surface area (Å²) in [7, 11) is 0. The highest BCUT2D eigenvalue weighted by Crippen LogP contribution is 2.52. The first-order valence-electron chi connectivity index (χ1n) is 10.3. The Labute approximate surface area is 189 Å². The van der Waals surface area contributed by atoms with Gasteiger partial charge in [-0.25, -0.2) is 4.98 Å². The number of nitrogens with one attached hydrogen (secondary N) is 2. The van der Waals surface area contributed by atoms with E-state index >= 15 is 0 Å². The van der Waals surface area contributed by atoms with Gasteiger partial charge in [-0.05, 0) is 61.2 Å². The Kier molecular flexibility index (Phi) is 4.59. The summed E-state index contributed by atoms with van der Waals surface area (Å²) < 4.78 is 35.7. The number of benzene rings is 2. The number of nitrogen functional groups attached to an aromatic ring is 1. The predicted octanol–water partition coefficient (Wildman–Crippen LogP) is 4.87. The number of anilines is 2. The molecule has 1 fully saturated rings. The first kappa shape index (κ1) is 20.9. The van der Waals surface area contributed by atoms with Gasteiger partial charge in [0.2, 0.25) is 5.91 Å². The van der Waals surface area contributed by atoms with Crippen molar-refractivity contribution in [1.29, 1.82) is 5.41 Å². The van der Waals surface area contributed by atoms with Crippen LogP contribution in [0.25, 0.3) is 11.3 Å². The molecule has 5 rings (SSSR count). The number of pyridine rings is 1. The molecular weight excluding hydrogens is 430 g/mol. The number of halogens is 2.